The van der Waals surface area contributed by atoms with Gasteiger partial charge in [0.15, 0.2) is 0 Å². The van der Waals surface area contributed by atoms with Gasteiger partial charge in [0.2, 0.25) is 0 Å². The van der Waals surface area contributed by atoms with E-state index in [-0.39, 0.29) is 10.8 Å². The van der Waals surface area contributed by atoms with Crippen molar-refractivity contribution in [3.8, 4) is 22.3 Å². The molecular formula is C46H39N. The van der Waals surface area contributed by atoms with Crippen LogP contribution in [0.2, 0.25) is 0 Å². The normalized spacial score (nSPS) is 16.3. The SMILES string of the molecule is CC1(C)c2ccccc2-c2ccc(N(c3ccccc3)c3ccc4cccc5c4c3-c3cc(C4=CC=CCC4)ccc3C5(C)C)cc21. The topological polar surface area (TPSA) is 3.24 Å². The lowest BCUT2D eigenvalue weighted by molar-refractivity contribution is 0.645. The van der Waals surface area contributed by atoms with E-state index in [1.165, 1.54) is 77.8 Å². The van der Waals surface area contributed by atoms with Crippen LogP contribution in [0.15, 0.2) is 140 Å². The molecule has 0 heterocycles. The minimum absolute atomic E-state index is 0.0805. The quantitative estimate of drug-likeness (QED) is 0.193. The number of para-hydroxylation sites is 1. The van der Waals surface area contributed by atoms with E-state index in [0.29, 0.717) is 0 Å². The number of hydrogen-bond acceptors (Lipinski definition) is 1. The van der Waals surface area contributed by atoms with Gasteiger partial charge in [0, 0.05) is 27.8 Å². The summed E-state index contributed by atoms with van der Waals surface area (Å²) in [4.78, 5) is 2.50. The summed E-state index contributed by atoms with van der Waals surface area (Å²) in [7, 11) is 0. The minimum atomic E-state index is -0.124. The van der Waals surface area contributed by atoms with Gasteiger partial charge in [-0.05, 0) is 110 Å². The molecule has 1 nitrogen and oxygen atoms in total. The third kappa shape index (κ3) is 4.09. The highest BCUT2D eigenvalue weighted by Gasteiger charge is 2.38. The molecule has 6 aromatic rings. The predicted molar refractivity (Wildman–Crippen MR) is 200 cm³/mol. The lowest BCUT2D eigenvalue weighted by atomic mass is 9.67. The van der Waals surface area contributed by atoms with E-state index in [1.54, 1.807) is 0 Å². The maximum Gasteiger partial charge on any atom is 0.0546 e. The van der Waals surface area contributed by atoms with E-state index in [4.69, 9.17) is 0 Å². The van der Waals surface area contributed by atoms with Crippen molar-refractivity contribution >= 4 is 33.4 Å². The molecular weight excluding hydrogens is 567 g/mol. The van der Waals surface area contributed by atoms with Crippen LogP contribution in [0.1, 0.15) is 68.4 Å². The van der Waals surface area contributed by atoms with Crippen LogP contribution in [-0.4, -0.2) is 0 Å². The fourth-order valence-electron chi connectivity index (χ4n) is 8.67. The summed E-state index contributed by atoms with van der Waals surface area (Å²) in [6.07, 6.45) is 8.96. The van der Waals surface area contributed by atoms with Crippen molar-refractivity contribution < 1.29 is 0 Å². The highest BCUT2D eigenvalue weighted by Crippen LogP contribution is 2.55. The van der Waals surface area contributed by atoms with Gasteiger partial charge < -0.3 is 4.90 Å². The largest absolute Gasteiger partial charge is 0.310 e. The number of anilines is 3. The second-order valence-electron chi connectivity index (χ2n) is 14.5. The summed E-state index contributed by atoms with van der Waals surface area (Å²) >= 11 is 0. The molecule has 0 atom stereocenters. The van der Waals surface area contributed by atoms with E-state index in [0.717, 1.165) is 18.5 Å². The highest BCUT2D eigenvalue weighted by molar-refractivity contribution is 6.10. The van der Waals surface area contributed by atoms with Gasteiger partial charge in [-0.1, -0.05) is 131 Å². The molecule has 0 N–H and O–H groups in total. The van der Waals surface area contributed by atoms with Crippen LogP contribution < -0.4 is 4.90 Å². The molecule has 0 aromatic heterocycles. The first-order valence-electron chi connectivity index (χ1n) is 17.0. The lowest BCUT2D eigenvalue weighted by Gasteiger charge is -2.38. The fourth-order valence-corrected chi connectivity index (χ4v) is 8.67. The molecule has 47 heavy (non-hydrogen) atoms. The van der Waals surface area contributed by atoms with Gasteiger partial charge in [0.05, 0.1) is 5.69 Å². The van der Waals surface area contributed by atoms with Crippen molar-refractivity contribution in [1.29, 1.82) is 0 Å². The Morgan fingerprint density at radius 1 is 0.553 bits per heavy atom. The average molecular weight is 606 g/mol. The molecule has 6 aromatic carbocycles. The van der Waals surface area contributed by atoms with Crippen LogP contribution in [0.3, 0.4) is 0 Å². The standard InChI is InChI=1S/C46H39N/c1-45(2)39-26-22-32(30-14-7-5-8-15-30)28-37(39)44-42(27-23-31-16-13-21-40(45)43(31)44)47(33-17-9-6-10-18-33)34-24-25-36-35-19-11-12-20-38(35)46(3,4)41(36)29-34/h5-7,9-14,16-29H,8,15H2,1-4H3. The zero-order chi connectivity index (χ0) is 31.9. The van der Waals surface area contributed by atoms with Crippen molar-refractivity contribution in [3.63, 3.8) is 0 Å². The Hall–Kier alpha value is -5.14. The van der Waals surface area contributed by atoms with Gasteiger partial charge in [-0.3, -0.25) is 0 Å². The zero-order valence-corrected chi connectivity index (χ0v) is 27.6. The third-order valence-corrected chi connectivity index (χ3v) is 11.1. The fraction of sp³-hybridized carbons (Fsp3) is 0.174. The maximum absolute atomic E-state index is 2.50. The maximum atomic E-state index is 2.50. The Morgan fingerprint density at radius 2 is 1.30 bits per heavy atom. The van der Waals surface area contributed by atoms with Crippen LogP contribution in [-0.2, 0) is 10.8 Å². The minimum Gasteiger partial charge on any atom is -0.310 e. The predicted octanol–water partition coefficient (Wildman–Crippen LogP) is 12.7. The van der Waals surface area contributed by atoms with Crippen molar-refractivity contribution in [2.45, 2.75) is 51.4 Å². The molecule has 9 rings (SSSR count). The van der Waals surface area contributed by atoms with Gasteiger partial charge in [-0.2, -0.15) is 0 Å². The molecule has 0 amide bonds. The van der Waals surface area contributed by atoms with Crippen LogP contribution >= 0.6 is 0 Å². The third-order valence-electron chi connectivity index (χ3n) is 11.1. The number of fused-ring (bicyclic) bond motifs is 5. The lowest BCUT2D eigenvalue weighted by Crippen LogP contribution is -2.25. The summed E-state index contributed by atoms with van der Waals surface area (Å²) in [6.45, 7) is 9.53. The number of nitrogens with zero attached hydrogens (tertiary/aromatic N) is 1. The Labute approximate surface area is 278 Å². The molecule has 0 saturated carbocycles. The first-order valence-corrected chi connectivity index (χ1v) is 17.0. The summed E-state index contributed by atoms with van der Waals surface area (Å²) < 4.78 is 0. The van der Waals surface area contributed by atoms with E-state index in [2.05, 4.69) is 172 Å². The number of allylic oxidation sites excluding steroid dienone is 4. The average Bonchev–Trinajstić information content (AvgIpc) is 3.34. The molecule has 0 unspecified atom stereocenters. The number of benzene rings is 6. The van der Waals surface area contributed by atoms with Crippen molar-refractivity contribution in [3.05, 3.63) is 167 Å². The highest BCUT2D eigenvalue weighted by atomic mass is 15.1. The number of rotatable bonds is 4. The van der Waals surface area contributed by atoms with Crippen molar-refractivity contribution in [1.82, 2.24) is 0 Å². The van der Waals surface area contributed by atoms with E-state index in [1.807, 2.05) is 0 Å². The Balaban J connectivity index is 1.34. The molecule has 228 valence electrons. The van der Waals surface area contributed by atoms with Crippen molar-refractivity contribution in [2.75, 3.05) is 4.90 Å². The summed E-state index contributed by atoms with van der Waals surface area (Å²) in [5, 5.41) is 2.66. The molecule has 3 aliphatic carbocycles. The summed E-state index contributed by atoms with van der Waals surface area (Å²) in [6, 6.07) is 45.8. The van der Waals surface area contributed by atoms with E-state index < -0.39 is 0 Å². The number of hydrogen-bond donors (Lipinski definition) is 0. The van der Waals surface area contributed by atoms with Gasteiger partial charge in [0.1, 0.15) is 0 Å². The molecule has 0 saturated heterocycles. The second-order valence-corrected chi connectivity index (χ2v) is 14.5. The van der Waals surface area contributed by atoms with Gasteiger partial charge in [0.25, 0.3) is 0 Å². The first-order chi connectivity index (χ1) is 22.8. The van der Waals surface area contributed by atoms with Crippen LogP contribution in [0.4, 0.5) is 17.1 Å². The van der Waals surface area contributed by atoms with E-state index in [9.17, 15) is 0 Å². The Kier molecular flexibility index (Phi) is 6.09. The Bertz CT molecular complexity index is 2300. The van der Waals surface area contributed by atoms with E-state index >= 15 is 0 Å². The monoisotopic (exact) mass is 605 g/mol. The Morgan fingerprint density at radius 3 is 2.13 bits per heavy atom. The molecule has 3 aliphatic rings. The summed E-state index contributed by atoms with van der Waals surface area (Å²) in [5.74, 6) is 0. The second kappa shape index (κ2) is 10.2. The summed E-state index contributed by atoms with van der Waals surface area (Å²) in [5.41, 5.74) is 17.0. The van der Waals surface area contributed by atoms with Crippen molar-refractivity contribution in [2.24, 2.45) is 0 Å². The van der Waals surface area contributed by atoms with Gasteiger partial charge in [-0.15, -0.1) is 0 Å². The molecule has 0 bridgehead atoms. The van der Waals surface area contributed by atoms with Crippen LogP contribution in [0.25, 0.3) is 38.6 Å². The van der Waals surface area contributed by atoms with Gasteiger partial charge >= 0.3 is 0 Å². The smallest absolute Gasteiger partial charge is 0.0546 e. The zero-order valence-electron chi connectivity index (χ0n) is 27.6. The van der Waals surface area contributed by atoms with Gasteiger partial charge in [-0.25, -0.2) is 0 Å². The van der Waals surface area contributed by atoms with Crippen LogP contribution in [0, 0.1) is 0 Å². The molecule has 0 radical (unpaired) electrons. The molecule has 0 spiro atoms. The molecule has 1 heteroatoms. The molecule has 0 fully saturated rings. The van der Waals surface area contributed by atoms with Crippen LogP contribution in [0.5, 0.6) is 0 Å². The first kappa shape index (κ1) is 28.1. The molecule has 0 aliphatic heterocycles.